The van der Waals surface area contributed by atoms with Crippen molar-refractivity contribution in [1.29, 1.82) is 0 Å². The van der Waals surface area contributed by atoms with E-state index in [9.17, 15) is 0 Å². The molecular weight excluding hydrogens is 252 g/mol. The SMILES string of the molecule is CC(C)(C)[c-]1cccc1.[CH-]=C.[CH3-].[Ti+4].c1cc[cH-]c1. The topological polar surface area (TPSA) is 0 Å². The molecule has 0 aromatic heterocycles. The fourth-order valence-electron chi connectivity index (χ4n) is 1.19. The van der Waals surface area contributed by atoms with Crippen LogP contribution in [0, 0.1) is 14.0 Å². The zero-order chi connectivity index (χ0) is 12.4. The Labute approximate surface area is 128 Å². The van der Waals surface area contributed by atoms with Gasteiger partial charge in [-0.25, -0.2) is 24.3 Å². The molecule has 0 aliphatic carbocycles. The van der Waals surface area contributed by atoms with Gasteiger partial charge in [-0.15, -0.1) is 0 Å². The van der Waals surface area contributed by atoms with E-state index in [0.717, 1.165) is 0 Å². The first kappa shape index (κ1) is 22.3. The third kappa shape index (κ3) is 10.3. The summed E-state index contributed by atoms with van der Waals surface area (Å²) in [6, 6.07) is 18.5. The smallest absolute Gasteiger partial charge is 0.521 e. The molecule has 0 bridgehead atoms. The van der Waals surface area contributed by atoms with Crippen molar-refractivity contribution < 1.29 is 21.7 Å². The van der Waals surface area contributed by atoms with Crippen LogP contribution in [0.15, 0.2) is 61.2 Å². The van der Waals surface area contributed by atoms with Crippen molar-refractivity contribution >= 4 is 0 Å². The summed E-state index contributed by atoms with van der Waals surface area (Å²) in [4.78, 5) is 0. The molecule has 0 spiro atoms. The van der Waals surface area contributed by atoms with E-state index in [2.05, 4.69) is 58.2 Å². The van der Waals surface area contributed by atoms with Crippen molar-refractivity contribution in [2.75, 3.05) is 0 Å². The van der Waals surface area contributed by atoms with Crippen LogP contribution >= 0.6 is 0 Å². The van der Waals surface area contributed by atoms with Gasteiger partial charge in [0.25, 0.3) is 0 Å². The largest absolute Gasteiger partial charge is 4.00 e. The van der Waals surface area contributed by atoms with E-state index in [1.54, 1.807) is 0 Å². The van der Waals surface area contributed by atoms with Gasteiger partial charge < -0.3 is 14.0 Å². The second-order valence-electron chi connectivity index (χ2n) is 4.39. The molecule has 0 saturated heterocycles. The summed E-state index contributed by atoms with van der Waals surface area (Å²) < 4.78 is 0. The van der Waals surface area contributed by atoms with Crippen LogP contribution in [0.3, 0.4) is 0 Å². The Morgan fingerprint density at radius 3 is 1.50 bits per heavy atom. The maximum absolute atomic E-state index is 4.25. The fourth-order valence-corrected chi connectivity index (χ4v) is 1.19. The van der Waals surface area contributed by atoms with E-state index in [1.807, 2.05) is 30.3 Å². The minimum Gasteiger partial charge on any atom is -0.521 e. The van der Waals surface area contributed by atoms with Crippen LogP contribution < -0.4 is 0 Å². The van der Waals surface area contributed by atoms with Gasteiger partial charge in [0.05, 0.1) is 0 Å². The normalized spacial score (nSPS) is 8.39. The van der Waals surface area contributed by atoms with Gasteiger partial charge in [-0.2, -0.15) is 35.9 Å². The van der Waals surface area contributed by atoms with Gasteiger partial charge in [-0.3, -0.25) is 6.58 Å². The predicted octanol–water partition coefficient (Wildman–Crippen LogP) is 5.16. The molecule has 0 amide bonds. The van der Waals surface area contributed by atoms with Crippen molar-refractivity contribution in [2.24, 2.45) is 0 Å². The van der Waals surface area contributed by atoms with Crippen molar-refractivity contribution in [1.82, 2.24) is 0 Å². The molecule has 1 heteroatoms. The minimum atomic E-state index is 0. The molecule has 0 radical (unpaired) electrons. The summed E-state index contributed by atoms with van der Waals surface area (Å²) in [5.74, 6) is 0. The Hall–Kier alpha value is -0.846. The molecule has 0 fully saturated rings. The summed E-state index contributed by atoms with van der Waals surface area (Å²) in [5, 5.41) is 0. The first-order chi connectivity index (χ1) is 7.61. The van der Waals surface area contributed by atoms with E-state index < -0.39 is 0 Å². The number of hydrogen-bond acceptors (Lipinski definition) is 0. The van der Waals surface area contributed by atoms with Gasteiger partial charge in [-0.1, -0.05) is 26.2 Å². The molecule has 0 unspecified atom stereocenters. The molecule has 0 heterocycles. The van der Waals surface area contributed by atoms with Gasteiger partial charge in [0, 0.05) is 0 Å². The summed E-state index contributed by atoms with van der Waals surface area (Å²) in [6.45, 7) is 13.7. The van der Waals surface area contributed by atoms with Crippen LogP contribution in [0.1, 0.15) is 26.3 Å². The molecule has 2 rings (SSSR count). The summed E-state index contributed by atoms with van der Waals surface area (Å²) in [7, 11) is 0. The molecule has 0 aliphatic rings. The monoisotopic (exact) mass is 276 g/mol. The molecule has 0 atom stereocenters. The first-order valence-electron chi connectivity index (χ1n) is 5.40. The van der Waals surface area contributed by atoms with E-state index in [-0.39, 0.29) is 29.1 Å². The van der Waals surface area contributed by atoms with Crippen LogP contribution in [0.5, 0.6) is 0 Å². The van der Waals surface area contributed by atoms with Gasteiger partial charge in [0.1, 0.15) is 0 Å². The molecule has 2 aromatic rings. The van der Waals surface area contributed by atoms with Crippen molar-refractivity contribution in [3.63, 3.8) is 0 Å². The standard InChI is InChI=1S/C9H13.C5H5.C2H3.CH3.Ti/c1-9(2,3)8-6-4-5-7-8;1-2-4-5-3-1;1-2;;/h4-7H,1-3H3;1-5H;1H,2H2;1H3;/q4*-1;+4. The Balaban J connectivity index is -0.000000217. The maximum Gasteiger partial charge on any atom is 4.00 e. The Morgan fingerprint density at radius 2 is 1.33 bits per heavy atom. The van der Waals surface area contributed by atoms with E-state index in [1.165, 1.54) is 5.56 Å². The van der Waals surface area contributed by atoms with E-state index in [0.29, 0.717) is 5.41 Å². The zero-order valence-electron chi connectivity index (χ0n) is 12.0. The quantitative estimate of drug-likeness (QED) is 0.460. The predicted molar refractivity (Wildman–Crippen MR) is 79.1 cm³/mol. The third-order valence-electron chi connectivity index (χ3n) is 2.08. The summed E-state index contributed by atoms with van der Waals surface area (Å²) >= 11 is 0. The minimum absolute atomic E-state index is 0. The van der Waals surface area contributed by atoms with Crippen LogP contribution in [0.4, 0.5) is 0 Å². The second-order valence-corrected chi connectivity index (χ2v) is 4.39. The van der Waals surface area contributed by atoms with Gasteiger partial charge in [0.2, 0.25) is 0 Å². The number of rotatable bonds is 0. The van der Waals surface area contributed by atoms with Gasteiger partial charge in [0.15, 0.2) is 0 Å². The van der Waals surface area contributed by atoms with Crippen LogP contribution in [-0.2, 0) is 27.1 Å². The molecule has 0 N–H and O–H groups in total. The third-order valence-corrected chi connectivity index (χ3v) is 2.08. The van der Waals surface area contributed by atoms with E-state index >= 15 is 0 Å². The van der Waals surface area contributed by atoms with Crippen LogP contribution in [0.25, 0.3) is 0 Å². The average molecular weight is 276 g/mol. The van der Waals surface area contributed by atoms with Gasteiger partial charge >= 0.3 is 21.7 Å². The Bertz CT molecular complexity index is 305. The molecule has 96 valence electrons. The number of hydrogen-bond donors (Lipinski definition) is 0. The summed E-state index contributed by atoms with van der Waals surface area (Å²) in [5.41, 5.74) is 1.74. The van der Waals surface area contributed by atoms with Crippen LogP contribution in [0.2, 0.25) is 0 Å². The van der Waals surface area contributed by atoms with Crippen molar-refractivity contribution in [3.8, 4) is 0 Å². The Kier molecular flexibility index (Phi) is 15.6. The average Bonchev–Trinajstić information content (AvgIpc) is 2.96. The molecule has 0 nitrogen and oxygen atoms in total. The molecule has 0 saturated carbocycles. The molecule has 2 aromatic carbocycles. The van der Waals surface area contributed by atoms with Gasteiger partial charge in [-0.05, 0) is 0 Å². The van der Waals surface area contributed by atoms with Crippen molar-refractivity contribution in [3.05, 3.63) is 80.7 Å². The Morgan fingerprint density at radius 1 is 0.944 bits per heavy atom. The molecule has 0 aliphatic heterocycles. The first-order valence-corrected chi connectivity index (χ1v) is 5.40. The van der Waals surface area contributed by atoms with Crippen molar-refractivity contribution in [2.45, 2.75) is 26.2 Å². The zero-order valence-corrected chi connectivity index (χ0v) is 13.5. The second kappa shape index (κ2) is 12.6. The molecule has 18 heavy (non-hydrogen) atoms. The maximum atomic E-state index is 4.25. The summed E-state index contributed by atoms with van der Waals surface area (Å²) in [6.07, 6.45) is 0. The van der Waals surface area contributed by atoms with Crippen LogP contribution in [-0.4, -0.2) is 0 Å². The van der Waals surface area contributed by atoms with E-state index in [4.69, 9.17) is 0 Å². The fraction of sp³-hybridized carbons (Fsp3) is 0.235. The molecular formula is C17H24Ti.